The second-order valence-corrected chi connectivity index (χ2v) is 8.20. The quantitative estimate of drug-likeness (QED) is 0.795. The molecule has 0 bridgehead atoms. The normalized spacial score (nSPS) is 29.1. The highest BCUT2D eigenvalue weighted by molar-refractivity contribution is 14.1. The van der Waals surface area contributed by atoms with Gasteiger partial charge in [-0.3, -0.25) is 0 Å². The zero-order valence-corrected chi connectivity index (χ0v) is 13.9. The van der Waals surface area contributed by atoms with Crippen LogP contribution in [0.5, 0.6) is 0 Å². The second kappa shape index (κ2) is 5.97. The summed E-state index contributed by atoms with van der Waals surface area (Å²) < 4.78 is 1.07. The molecule has 2 heterocycles. The lowest BCUT2D eigenvalue weighted by Gasteiger charge is -2.30. The van der Waals surface area contributed by atoms with Gasteiger partial charge in [-0.2, -0.15) is 11.8 Å². The summed E-state index contributed by atoms with van der Waals surface area (Å²) in [5.41, 5.74) is 0. The average molecular weight is 381 g/mol. The van der Waals surface area contributed by atoms with Gasteiger partial charge in [0.2, 0.25) is 0 Å². The van der Waals surface area contributed by atoms with Crippen molar-refractivity contribution in [1.82, 2.24) is 9.97 Å². The first kappa shape index (κ1) is 13.7. The Morgan fingerprint density at radius 1 is 1.41 bits per heavy atom. The summed E-state index contributed by atoms with van der Waals surface area (Å²) in [4.78, 5) is 9.09. The minimum absolute atomic E-state index is 0.426. The maximum absolute atomic E-state index is 4.61. The number of rotatable bonds is 2. The third-order valence-electron chi connectivity index (χ3n) is 2.84. The molecule has 0 radical (unpaired) electrons. The fourth-order valence-electron chi connectivity index (χ4n) is 1.63. The summed E-state index contributed by atoms with van der Waals surface area (Å²) in [6, 6.07) is 0. The van der Waals surface area contributed by atoms with E-state index in [0.29, 0.717) is 10.5 Å². The minimum atomic E-state index is 0.426. The Balaban J connectivity index is 2.17. The van der Waals surface area contributed by atoms with E-state index in [1.54, 1.807) is 0 Å². The Morgan fingerprint density at radius 2 is 2.18 bits per heavy atom. The Labute approximate surface area is 124 Å². The van der Waals surface area contributed by atoms with Gasteiger partial charge in [0.15, 0.2) is 0 Å². The smallest absolute Gasteiger partial charge is 0.144 e. The van der Waals surface area contributed by atoms with Crippen LogP contribution < -0.4 is 5.32 Å². The van der Waals surface area contributed by atoms with Gasteiger partial charge in [-0.05, 0) is 22.6 Å². The van der Waals surface area contributed by atoms with Crippen LogP contribution in [0.3, 0.4) is 0 Å². The van der Waals surface area contributed by atoms with Crippen LogP contribution in [0.2, 0.25) is 0 Å². The van der Waals surface area contributed by atoms with Crippen LogP contribution >= 0.6 is 46.1 Å². The molecule has 2 rings (SSSR count). The number of hydrogen-bond acceptors (Lipinski definition) is 5. The molecule has 0 aliphatic carbocycles. The molecule has 1 saturated heterocycles. The highest BCUT2D eigenvalue weighted by Gasteiger charge is 2.28. The number of thioether (sulfide) groups is 2. The van der Waals surface area contributed by atoms with E-state index in [1.165, 1.54) is 0 Å². The Kier molecular flexibility index (Phi) is 4.82. The summed E-state index contributed by atoms with van der Waals surface area (Å²) in [5, 5.41) is 4.94. The van der Waals surface area contributed by atoms with Crippen molar-refractivity contribution < 1.29 is 0 Å². The average Bonchev–Trinajstić information content (AvgIpc) is 2.33. The van der Waals surface area contributed by atoms with Crippen LogP contribution in [0.1, 0.15) is 24.9 Å². The maximum Gasteiger partial charge on any atom is 0.144 e. The lowest BCUT2D eigenvalue weighted by atomic mass is 10.3. The molecule has 1 N–H and O–H groups in total. The molecule has 3 nitrogen and oxygen atoms in total. The van der Waals surface area contributed by atoms with E-state index in [0.717, 1.165) is 26.2 Å². The third kappa shape index (κ3) is 3.20. The number of nitrogens with one attached hydrogen (secondary N) is 1. The molecule has 94 valence electrons. The van der Waals surface area contributed by atoms with Gasteiger partial charge >= 0.3 is 0 Å². The molecule has 1 aromatic heterocycles. The van der Waals surface area contributed by atoms with Crippen molar-refractivity contribution in [3.8, 4) is 0 Å². The summed E-state index contributed by atoms with van der Waals surface area (Å²) >= 11 is 6.28. The van der Waals surface area contributed by atoms with Gasteiger partial charge in [-0.25, -0.2) is 9.97 Å². The van der Waals surface area contributed by atoms with Gasteiger partial charge in [0.1, 0.15) is 11.6 Å². The van der Waals surface area contributed by atoms with Crippen molar-refractivity contribution in [3.63, 3.8) is 0 Å². The Morgan fingerprint density at radius 3 is 2.82 bits per heavy atom. The number of anilines is 1. The van der Waals surface area contributed by atoms with Gasteiger partial charge in [-0.1, -0.05) is 13.8 Å². The van der Waals surface area contributed by atoms with Gasteiger partial charge in [0.25, 0.3) is 0 Å². The largest absolute Gasteiger partial charge is 0.372 e. The monoisotopic (exact) mass is 381 g/mol. The second-order valence-electron chi connectivity index (χ2n) is 4.04. The molecule has 1 fully saturated rings. The van der Waals surface area contributed by atoms with E-state index in [9.17, 15) is 0 Å². The predicted octanol–water partition coefficient (Wildman–Crippen LogP) is 3.42. The fourth-order valence-corrected chi connectivity index (χ4v) is 5.01. The number of aromatic nitrogens is 2. The molecule has 17 heavy (non-hydrogen) atoms. The molecule has 3 atom stereocenters. The summed E-state index contributed by atoms with van der Waals surface area (Å²) in [7, 11) is 1.90. The van der Waals surface area contributed by atoms with Crippen molar-refractivity contribution >= 4 is 51.9 Å². The number of hydrogen-bond donors (Lipinski definition) is 1. The zero-order chi connectivity index (χ0) is 12.4. The predicted molar refractivity (Wildman–Crippen MR) is 86.0 cm³/mol. The summed E-state index contributed by atoms with van der Waals surface area (Å²) in [5.74, 6) is 3.01. The molecule has 1 aromatic rings. The van der Waals surface area contributed by atoms with Crippen molar-refractivity contribution in [1.29, 1.82) is 0 Å². The van der Waals surface area contributed by atoms with E-state index in [2.05, 4.69) is 51.7 Å². The van der Waals surface area contributed by atoms with E-state index < -0.39 is 0 Å². The number of nitrogens with zero attached hydrogens (tertiary/aromatic N) is 2. The topological polar surface area (TPSA) is 37.8 Å². The van der Waals surface area contributed by atoms with Crippen LogP contribution in [0, 0.1) is 3.57 Å². The van der Waals surface area contributed by atoms with Crippen molar-refractivity contribution in [2.75, 3.05) is 18.1 Å². The lowest BCUT2D eigenvalue weighted by molar-refractivity contribution is 0.858. The SMILES string of the molecule is CNc1nc(C2CSC(C)C(C)S2)ncc1I. The van der Waals surface area contributed by atoms with Gasteiger partial charge < -0.3 is 5.32 Å². The first-order valence-corrected chi connectivity index (χ1v) is 8.66. The lowest BCUT2D eigenvalue weighted by Crippen LogP contribution is -2.23. The highest BCUT2D eigenvalue weighted by atomic mass is 127. The zero-order valence-electron chi connectivity index (χ0n) is 10.1. The molecule has 0 spiro atoms. The third-order valence-corrected chi connectivity index (χ3v) is 7.01. The Hall–Kier alpha value is 0.310. The minimum Gasteiger partial charge on any atom is -0.372 e. The first-order chi connectivity index (χ1) is 8.11. The number of halogens is 1. The van der Waals surface area contributed by atoms with E-state index in [1.807, 2.05) is 36.8 Å². The van der Waals surface area contributed by atoms with Gasteiger partial charge in [0, 0.05) is 29.5 Å². The van der Waals surface area contributed by atoms with Gasteiger partial charge in [-0.15, -0.1) is 11.8 Å². The molecule has 1 aliphatic rings. The molecule has 0 aromatic carbocycles. The summed E-state index contributed by atoms with van der Waals surface area (Å²) in [6.45, 7) is 4.59. The molecular weight excluding hydrogens is 365 g/mol. The van der Waals surface area contributed by atoms with Crippen molar-refractivity contribution in [3.05, 3.63) is 15.6 Å². The maximum atomic E-state index is 4.61. The van der Waals surface area contributed by atoms with Crippen LogP contribution in [0.25, 0.3) is 0 Å². The van der Waals surface area contributed by atoms with E-state index >= 15 is 0 Å². The molecule has 0 saturated carbocycles. The molecule has 0 amide bonds. The molecule has 6 heteroatoms. The van der Waals surface area contributed by atoms with Crippen molar-refractivity contribution in [2.45, 2.75) is 29.6 Å². The standard InChI is InChI=1S/C11H16IN3S2/c1-6-7(2)17-9(5-16-6)11-14-4-8(12)10(13-3)15-11/h4,6-7,9H,5H2,1-3H3,(H,13,14,15). The summed E-state index contributed by atoms with van der Waals surface area (Å²) in [6.07, 6.45) is 1.91. The van der Waals surface area contributed by atoms with Crippen LogP contribution in [-0.2, 0) is 0 Å². The van der Waals surface area contributed by atoms with Crippen molar-refractivity contribution in [2.24, 2.45) is 0 Å². The Bertz CT molecular complexity index is 402. The molecular formula is C11H16IN3S2. The first-order valence-electron chi connectivity index (χ1n) is 5.59. The fraction of sp³-hybridized carbons (Fsp3) is 0.636. The van der Waals surface area contributed by atoms with E-state index in [4.69, 9.17) is 0 Å². The van der Waals surface area contributed by atoms with Crippen LogP contribution in [-0.4, -0.2) is 33.3 Å². The van der Waals surface area contributed by atoms with Crippen LogP contribution in [0.15, 0.2) is 6.20 Å². The van der Waals surface area contributed by atoms with Crippen LogP contribution in [0.4, 0.5) is 5.82 Å². The van der Waals surface area contributed by atoms with Gasteiger partial charge in [0.05, 0.1) is 8.82 Å². The highest BCUT2D eigenvalue weighted by Crippen LogP contribution is 2.43. The molecule has 1 aliphatic heterocycles. The van der Waals surface area contributed by atoms with E-state index in [-0.39, 0.29) is 0 Å². The molecule has 3 unspecified atom stereocenters.